The van der Waals surface area contributed by atoms with Crippen LogP contribution in [0, 0.1) is 0 Å². The molecule has 0 radical (unpaired) electrons. The van der Waals surface area contributed by atoms with Crippen molar-refractivity contribution in [1.29, 1.82) is 0 Å². The first-order valence-corrected chi connectivity index (χ1v) is 6.01. The van der Waals surface area contributed by atoms with Gasteiger partial charge in [0.25, 0.3) is 10.0 Å². The summed E-state index contributed by atoms with van der Waals surface area (Å²) in [4.78, 5) is 0. The Morgan fingerprint density at radius 2 is 2.20 bits per heavy atom. The van der Waals surface area contributed by atoms with E-state index in [4.69, 9.17) is 10.2 Å². The number of nitrogens with two attached hydrogens (primary N) is 1. The summed E-state index contributed by atoms with van der Waals surface area (Å²) >= 11 is 0. The van der Waals surface area contributed by atoms with Gasteiger partial charge in [-0.3, -0.25) is 0 Å². The molecule has 0 saturated carbocycles. The summed E-state index contributed by atoms with van der Waals surface area (Å²) in [6, 6.07) is 3.04. The third-order valence-electron chi connectivity index (χ3n) is 1.79. The van der Waals surface area contributed by atoms with E-state index < -0.39 is 10.0 Å². The molecule has 0 unspecified atom stereocenters. The molecule has 0 amide bonds. The van der Waals surface area contributed by atoms with Crippen molar-refractivity contribution < 1.29 is 12.8 Å². The molecule has 86 valence electrons. The first kappa shape index (κ1) is 12.2. The van der Waals surface area contributed by atoms with Crippen LogP contribution in [0.4, 0.5) is 0 Å². The van der Waals surface area contributed by atoms with Crippen LogP contribution in [0.25, 0.3) is 0 Å². The zero-order valence-electron chi connectivity index (χ0n) is 8.49. The topological polar surface area (TPSA) is 97.4 Å². The normalized spacial score (nSPS) is 11.9. The molecule has 4 N–H and O–H groups in total. The number of furan rings is 1. The van der Waals surface area contributed by atoms with E-state index in [0.717, 1.165) is 0 Å². The molecule has 1 aromatic heterocycles. The fraction of sp³-hybridized carbons (Fsp3) is 0.500. The van der Waals surface area contributed by atoms with E-state index in [0.29, 0.717) is 25.4 Å². The molecule has 0 saturated heterocycles. The van der Waals surface area contributed by atoms with Crippen molar-refractivity contribution in [1.82, 2.24) is 10.0 Å². The second kappa shape index (κ2) is 5.26. The van der Waals surface area contributed by atoms with E-state index in [9.17, 15) is 8.42 Å². The summed E-state index contributed by atoms with van der Waals surface area (Å²) in [7, 11) is -2.14. The van der Waals surface area contributed by atoms with Crippen LogP contribution >= 0.6 is 0 Å². The number of rotatable bonds is 6. The predicted molar refractivity (Wildman–Crippen MR) is 55.7 cm³/mol. The molecule has 1 aromatic rings. The van der Waals surface area contributed by atoms with Crippen LogP contribution in [-0.4, -0.2) is 28.6 Å². The quantitative estimate of drug-likeness (QED) is 0.561. The highest BCUT2D eigenvalue weighted by Crippen LogP contribution is 2.12. The van der Waals surface area contributed by atoms with Crippen LogP contribution in [0.5, 0.6) is 0 Å². The van der Waals surface area contributed by atoms with Crippen LogP contribution in [0.3, 0.4) is 0 Å². The van der Waals surface area contributed by atoms with Crippen LogP contribution in [0.15, 0.2) is 21.6 Å². The summed E-state index contributed by atoms with van der Waals surface area (Å²) in [5, 5.41) is 2.93. The van der Waals surface area contributed by atoms with E-state index in [1.165, 1.54) is 13.1 Å². The maximum absolute atomic E-state index is 11.3. The minimum Gasteiger partial charge on any atom is -0.447 e. The van der Waals surface area contributed by atoms with E-state index in [1.807, 2.05) is 0 Å². The largest absolute Gasteiger partial charge is 0.447 e. The van der Waals surface area contributed by atoms with Crippen molar-refractivity contribution in [3.05, 3.63) is 17.9 Å². The third-order valence-corrected chi connectivity index (χ3v) is 3.08. The SMILES string of the molecule is CNS(=O)(=O)c1ccc(CNCCN)o1. The molecule has 0 aliphatic heterocycles. The standard InChI is InChI=1S/C8H15N3O3S/c1-10-15(12,13)8-3-2-7(14-8)6-11-5-4-9/h2-3,10-11H,4-6,9H2,1H3. The molecule has 0 aliphatic rings. The van der Waals surface area contributed by atoms with Gasteiger partial charge in [-0.15, -0.1) is 0 Å². The highest BCUT2D eigenvalue weighted by molar-refractivity contribution is 7.89. The molecule has 1 heterocycles. The summed E-state index contributed by atoms with van der Waals surface area (Å²) < 4.78 is 29.9. The highest BCUT2D eigenvalue weighted by atomic mass is 32.2. The maximum Gasteiger partial charge on any atom is 0.273 e. The minimum absolute atomic E-state index is 0.0745. The van der Waals surface area contributed by atoms with Gasteiger partial charge in [0.1, 0.15) is 5.76 Å². The Kier molecular flexibility index (Phi) is 4.28. The van der Waals surface area contributed by atoms with Crippen LogP contribution in [0.1, 0.15) is 5.76 Å². The fourth-order valence-electron chi connectivity index (χ4n) is 1.01. The first-order chi connectivity index (χ1) is 7.10. The molecule has 0 spiro atoms. The molecule has 0 fully saturated rings. The lowest BCUT2D eigenvalue weighted by Crippen LogP contribution is -2.21. The molecule has 7 heteroatoms. The van der Waals surface area contributed by atoms with Crippen molar-refractivity contribution in [2.24, 2.45) is 5.73 Å². The van der Waals surface area contributed by atoms with Gasteiger partial charge in [0.2, 0.25) is 5.09 Å². The van der Waals surface area contributed by atoms with Crippen molar-refractivity contribution in [3.8, 4) is 0 Å². The van der Waals surface area contributed by atoms with Gasteiger partial charge in [-0.05, 0) is 19.2 Å². The van der Waals surface area contributed by atoms with Crippen LogP contribution in [0.2, 0.25) is 0 Å². The first-order valence-electron chi connectivity index (χ1n) is 4.53. The molecular formula is C8H15N3O3S. The van der Waals surface area contributed by atoms with Crippen molar-refractivity contribution >= 4 is 10.0 Å². The number of hydrogen-bond donors (Lipinski definition) is 3. The monoisotopic (exact) mass is 233 g/mol. The Morgan fingerprint density at radius 1 is 1.47 bits per heavy atom. The lowest BCUT2D eigenvalue weighted by Gasteiger charge is -1.99. The molecule has 1 rings (SSSR count). The summed E-state index contributed by atoms with van der Waals surface area (Å²) in [5.41, 5.74) is 5.29. The number of hydrogen-bond acceptors (Lipinski definition) is 5. The molecule has 0 atom stereocenters. The third kappa shape index (κ3) is 3.31. The number of sulfonamides is 1. The van der Waals surface area contributed by atoms with Crippen molar-refractivity contribution in [2.75, 3.05) is 20.1 Å². The van der Waals surface area contributed by atoms with Gasteiger partial charge in [-0.25, -0.2) is 13.1 Å². The van der Waals surface area contributed by atoms with Gasteiger partial charge in [0.15, 0.2) is 0 Å². The number of nitrogens with one attached hydrogen (secondary N) is 2. The van der Waals surface area contributed by atoms with Gasteiger partial charge in [-0.1, -0.05) is 0 Å². The summed E-state index contributed by atoms with van der Waals surface area (Å²) in [6.07, 6.45) is 0. The van der Waals surface area contributed by atoms with Gasteiger partial charge >= 0.3 is 0 Å². The Morgan fingerprint density at radius 3 is 2.80 bits per heavy atom. The van der Waals surface area contributed by atoms with E-state index in [2.05, 4.69) is 10.0 Å². The molecule has 0 bridgehead atoms. The maximum atomic E-state index is 11.3. The Labute approximate surface area is 88.9 Å². The summed E-state index contributed by atoms with van der Waals surface area (Å²) in [5.74, 6) is 0.567. The molecule has 0 aromatic carbocycles. The lowest BCUT2D eigenvalue weighted by atomic mass is 10.4. The van der Waals surface area contributed by atoms with Gasteiger partial charge in [0, 0.05) is 13.1 Å². The van der Waals surface area contributed by atoms with E-state index in [-0.39, 0.29) is 5.09 Å². The van der Waals surface area contributed by atoms with Crippen molar-refractivity contribution in [3.63, 3.8) is 0 Å². The second-order valence-corrected chi connectivity index (χ2v) is 4.71. The Hall–Kier alpha value is -0.890. The zero-order chi connectivity index (χ0) is 11.3. The average Bonchev–Trinajstić information content (AvgIpc) is 2.68. The average molecular weight is 233 g/mol. The van der Waals surface area contributed by atoms with Gasteiger partial charge in [-0.2, -0.15) is 0 Å². The molecular weight excluding hydrogens is 218 g/mol. The molecule has 15 heavy (non-hydrogen) atoms. The van der Waals surface area contributed by atoms with Gasteiger partial charge in [0.05, 0.1) is 6.54 Å². The highest BCUT2D eigenvalue weighted by Gasteiger charge is 2.15. The molecule has 0 aliphatic carbocycles. The zero-order valence-corrected chi connectivity index (χ0v) is 9.30. The molecule has 6 nitrogen and oxygen atoms in total. The Balaban J connectivity index is 2.65. The van der Waals surface area contributed by atoms with E-state index >= 15 is 0 Å². The smallest absolute Gasteiger partial charge is 0.273 e. The predicted octanol–water partition coefficient (Wildman–Crippen LogP) is -0.764. The minimum atomic E-state index is -3.48. The lowest BCUT2D eigenvalue weighted by molar-refractivity contribution is 0.401. The van der Waals surface area contributed by atoms with Crippen molar-refractivity contribution in [2.45, 2.75) is 11.6 Å². The Bertz CT molecular complexity index is 399. The fourth-order valence-corrected chi connectivity index (χ4v) is 1.68. The second-order valence-electron chi connectivity index (χ2n) is 2.89. The van der Waals surface area contributed by atoms with E-state index in [1.54, 1.807) is 6.07 Å². The van der Waals surface area contributed by atoms with Gasteiger partial charge < -0.3 is 15.5 Å². The summed E-state index contributed by atoms with van der Waals surface area (Å²) in [6.45, 7) is 1.66. The van der Waals surface area contributed by atoms with Crippen LogP contribution < -0.4 is 15.8 Å². The van der Waals surface area contributed by atoms with Crippen LogP contribution in [-0.2, 0) is 16.6 Å².